The van der Waals surface area contributed by atoms with Crippen molar-refractivity contribution in [1.82, 2.24) is 19.9 Å². The average Bonchev–Trinajstić information content (AvgIpc) is 3.17. The Kier molecular flexibility index (Phi) is 6.70. The summed E-state index contributed by atoms with van der Waals surface area (Å²) in [6, 6.07) is 17.5. The number of carbonyl (C=O) groups excluding carboxylic acids is 1. The van der Waals surface area contributed by atoms with Crippen LogP contribution in [0.5, 0.6) is 0 Å². The third-order valence-electron chi connectivity index (χ3n) is 4.98. The molecule has 8 heteroatoms. The van der Waals surface area contributed by atoms with Crippen molar-refractivity contribution in [1.29, 1.82) is 0 Å². The minimum absolute atomic E-state index is 0.119. The SMILES string of the molecule is Cc1cc2nc(SCC(=O)NCCCc3ccccc3)n(-c3ccc(F)cc3)c(=O)c2[nH]1. The summed E-state index contributed by atoms with van der Waals surface area (Å²) in [6.07, 6.45) is 1.73. The Morgan fingerprint density at radius 1 is 1.16 bits per heavy atom. The summed E-state index contributed by atoms with van der Waals surface area (Å²) < 4.78 is 14.8. The quantitative estimate of drug-likeness (QED) is 0.242. The first kappa shape index (κ1) is 21.8. The molecule has 2 aromatic heterocycles. The van der Waals surface area contributed by atoms with Crippen LogP contribution >= 0.6 is 11.8 Å². The summed E-state index contributed by atoms with van der Waals surface area (Å²) in [7, 11) is 0. The lowest BCUT2D eigenvalue weighted by atomic mass is 10.1. The molecule has 0 aliphatic rings. The molecule has 2 aromatic carbocycles. The van der Waals surface area contributed by atoms with E-state index in [9.17, 15) is 14.0 Å². The summed E-state index contributed by atoms with van der Waals surface area (Å²) in [5.74, 6) is -0.405. The van der Waals surface area contributed by atoms with Crippen molar-refractivity contribution in [2.75, 3.05) is 12.3 Å². The van der Waals surface area contributed by atoms with Crippen molar-refractivity contribution in [3.8, 4) is 5.69 Å². The number of hydrogen-bond donors (Lipinski definition) is 2. The lowest BCUT2D eigenvalue weighted by Crippen LogP contribution is -2.27. The van der Waals surface area contributed by atoms with E-state index in [1.54, 1.807) is 6.07 Å². The normalized spacial score (nSPS) is 11.1. The number of thioether (sulfide) groups is 1. The van der Waals surface area contributed by atoms with Crippen LogP contribution in [-0.2, 0) is 11.2 Å². The number of amides is 1. The Balaban J connectivity index is 1.47. The van der Waals surface area contributed by atoms with Crippen LogP contribution in [0.25, 0.3) is 16.7 Å². The zero-order chi connectivity index (χ0) is 22.5. The zero-order valence-corrected chi connectivity index (χ0v) is 18.4. The molecule has 164 valence electrons. The number of halogens is 1. The number of nitrogens with zero attached hydrogens (tertiary/aromatic N) is 2. The number of H-pyrrole nitrogens is 1. The molecule has 4 aromatic rings. The van der Waals surface area contributed by atoms with Crippen molar-refractivity contribution in [3.05, 3.63) is 88.1 Å². The molecule has 2 heterocycles. The van der Waals surface area contributed by atoms with E-state index in [0.29, 0.717) is 28.4 Å². The molecule has 0 aliphatic carbocycles. The smallest absolute Gasteiger partial charge is 0.283 e. The molecule has 0 spiro atoms. The van der Waals surface area contributed by atoms with Gasteiger partial charge in [0, 0.05) is 12.2 Å². The second-order valence-corrected chi connectivity index (χ2v) is 8.39. The second-order valence-electron chi connectivity index (χ2n) is 7.45. The Morgan fingerprint density at radius 2 is 1.91 bits per heavy atom. The van der Waals surface area contributed by atoms with Gasteiger partial charge in [0.1, 0.15) is 11.3 Å². The van der Waals surface area contributed by atoms with E-state index >= 15 is 0 Å². The van der Waals surface area contributed by atoms with Gasteiger partial charge in [0.15, 0.2) is 5.16 Å². The Morgan fingerprint density at radius 3 is 2.66 bits per heavy atom. The largest absolute Gasteiger partial charge is 0.355 e. The molecule has 0 saturated carbocycles. The van der Waals surface area contributed by atoms with Crippen LogP contribution in [0.1, 0.15) is 17.7 Å². The van der Waals surface area contributed by atoms with Crippen LogP contribution in [0, 0.1) is 12.7 Å². The van der Waals surface area contributed by atoms with Crippen molar-refractivity contribution < 1.29 is 9.18 Å². The van der Waals surface area contributed by atoms with E-state index < -0.39 is 5.82 Å². The third-order valence-corrected chi connectivity index (χ3v) is 5.92. The van der Waals surface area contributed by atoms with Gasteiger partial charge in [0.2, 0.25) is 5.91 Å². The first-order chi connectivity index (χ1) is 15.5. The third kappa shape index (κ3) is 5.08. The summed E-state index contributed by atoms with van der Waals surface area (Å²) in [5.41, 5.74) is 3.16. The number of aromatic amines is 1. The van der Waals surface area contributed by atoms with Gasteiger partial charge in [-0.05, 0) is 55.7 Å². The van der Waals surface area contributed by atoms with Crippen LogP contribution in [0.4, 0.5) is 4.39 Å². The second kappa shape index (κ2) is 9.82. The highest BCUT2D eigenvalue weighted by atomic mass is 32.2. The first-order valence-electron chi connectivity index (χ1n) is 10.3. The Bertz CT molecular complexity index is 1280. The van der Waals surface area contributed by atoms with Crippen molar-refractivity contribution in [3.63, 3.8) is 0 Å². The van der Waals surface area contributed by atoms with Crippen molar-refractivity contribution in [2.24, 2.45) is 0 Å². The molecule has 0 fully saturated rings. The minimum Gasteiger partial charge on any atom is -0.355 e. The van der Waals surface area contributed by atoms with Gasteiger partial charge >= 0.3 is 0 Å². The number of hydrogen-bond acceptors (Lipinski definition) is 4. The van der Waals surface area contributed by atoms with Crippen LogP contribution in [0.15, 0.2) is 70.6 Å². The van der Waals surface area contributed by atoms with Crippen LogP contribution in [-0.4, -0.2) is 32.7 Å². The molecule has 1 amide bonds. The van der Waals surface area contributed by atoms with Gasteiger partial charge in [0.05, 0.1) is 17.0 Å². The number of aryl methyl sites for hydroxylation is 2. The van der Waals surface area contributed by atoms with Crippen molar-refractivity contribution in [2.45, 2.75) is 24.9 Å². The Hall–Kier alpha value is -3.39. The number of carbonyl (C=O) groups is 1. The van der Waals surface area contributed by atoms with Crippen molar-refractivity contribution >= 4 is 28.7 Å². The van der Waals surface area contributed by atoms with Crippen LogP contribution in [0.2, 0.25) is 0 Å². The highest BCUT2D eigenvalue weighted by Gasteiger charge is 2.16. The van der Waals surface area contributed by atoms with Gasteiger partial charge in [-0.15, -0.1) is 0 Å². The van der Waals surface area contributed by atoms with E-state index in [1.807, 2.05) is 25.1 Å². The van der Waals surface area contributed by atoms with Gasteiger partial charge in [-0.25, -0.2) is 9.37 Å². The van der Waals surface area contributed by atoms with Gasteiger partial charge in [-0.1, -0.05) is 42.1 Å². The van der Waals surface area contributed by atoms with E-state index in [2.05, 4.69) is 27.4 Å². The van der Waals surface area contributed by atoms with Gasteiger partial charge in [-0.2, -0.15) is 0 Å². The number of benzene rings is 2. The van der Waals surface area contributed by atoms with Gasteiger partial charge in [-0.3, -0.25) is 14.2 Å². The molecular formula is C24H23FN4O2S. The molecule has 2 N–H and O–H groups in total. The van der Waals surface area contributed by atoms with Crippen LogP contribution < -0.4 is 10.9 Å². The Labute approximate surface area is 188 Å². The maximum atomic E-state index is 13.4. The topological polar surface area (TPSA) is 79.8 Å². The molecule has 0 aliphatic heterocycles. The fraction of sp³-hybridized carbons (Fsp3) is 0.208. The first-order valence-corrected chi connectivity index (χ1v) is 11.3. The van der Waals surface area contributed by atoms with Crippen LogP contribution in [0.3, 0.4) is 0 Å². The van der Waals surface area contributed by atoms with E-state index in [-0.39, 0.29) is 17.2 Å². The highest BCUT2D eigenvalue weighted by molar-refractivity contribution is 7.99. The summed E-state index contributed by atoms with van der Waals surface area (Å²) in [4.78, 5) is 33.1. The number of fused-ring (bicyclic) bond motifs is 1. The van der Waals surface area contributed by atoms with Gasteiger partial charge in [0.25, 0.3) is 5.56 Å². The van der Waals surface area contributed by atoms with E-state index in [1.165, 1.54) is 46.2 Å². The molecule has 32 heavy (non-hydrogen) atoms. The monoisotopic (exact) mass is 450 g/mol. The lowest BCUT2D eigenvalue weighted by Gasteiger charge is -2.12. The average molecular weight is 451 g/mol. The molecular weight excluding hydrogens is 427 g/mol. The standard InChI is InChI=1S/C24H23FN4O2S/c1-16-14-20-22(27-16)23(31)29(19-11-9-18(25)10-12-19)24(28-20)32-15-21(30)26-13-5-8-17-6-3-2-4-7-17/h2-4,6-7,9-12,14,27H,5,8,13,15H2,1H3,(H,26,30). The number of rotatable bonds is 8. The number of aromatic nitrogens is 3. The van der Waals surface area contributed by atoms with E-state index in [4.69, 9.17) is 0 Å². The lowest BCUT2D eigenvalue weighted by molar-refractivity contribution is -0.118. The molecule has 0 atom stereocenters. The zero-order valence-electron chi connectivity index (χ0n) is 17.6. The molecule has 4 rings (SSSR count). The van der Waals surface area contributed by atoms with Gasteiger partial charge < -0.3 is 10.3 Å². The molecule has 6 nitrogen and oxygen atoms in total. The predicted octanol–water partition coefficient (Wildman–Crippen LogP) is 4.00. The maximum absolute atomic E-state index is 13.4. The molecule has 0 radical (unpaired) electrons. The number of nitrogens with one attached hydrogen (secondary N) is 2. The summed E-state index contributed by atoms with van der Waals surface area (Å²) >= 11 is 1.18. The maximum Gasteiger partial charge on any atom is 0.283 e. The highest BCUT2D eigenvalue weighted by Crippen LogP contribution is 2.21. The fourth-order valence-electron chi connectivity index (χ4n) is 3.44. The minimum atomic E-state index is -0.393. The fourth-order valence-corrected chi connectivity index (χ4v) is 4.28. The molecule has 0 unspecified atom stereocenters. The summed E-state index contributed by atoms with van der Waals surface area (Å²) in [6.45, 7) is 2.42. The summed E-state index contributed by atoms with van der Waals surface area (Å²) in [5, 5.41) is 3.30. The molecule has 0 saturated heterocycles. The predicted molar refractivity (Wildman–Crippen MR) is 125 cm³/mol. The molecule has 0 bridgehead atoms. The van der Waals surface area contributed by atoms with E-state index in [0.717, 1.165) is 18.5 Å².